The van der Waals surface area contributed by atoms with Crippen molar-refractivity contribution in [3.05, 3.63) is 53.6 Å². The van der Waals surface area contributed by atoms with E-state index in [0.29, 0.717) is 12.8 Å². The third kappa shape index (κ3) is 3.47. The molecule has 3 rings (SSSR count). The van der Waals surface area contributed by atoms with Crippen molar-refractivity contribution in [1.82, 2.24) is 5.32 Å². The van der Waals surface area contributed by atoms with Gasteiger partial charge in [-0.1, -0.05) is 18.2 Å². The highest BCUT2D eigenvalue weighted by Crippen LogP contribution is 2.32. The van der Waals surface area contributed by atoms with Gasteiger partial charge in [-0.25, -0.2) is 0 Å². The fourth-order valence-corrected chi connectivity index (χ4v) is 2.42. The number of rotatable bonds is 5. The molecule has 0 spiro atoms. The normalized spacial score (nSPS) is 14.1. The molecule has 0 aromatic heterocycles. The van der Waals surface area contributed by atoms with Crippen LogP contribution in [-0.4, -0.2) is 12.8 Å². The van der Waals surface area contributed by atoms with Crippen molar-refractivity contribution in [2.24, 2.45) is 0 Å². The van der Waals surface area contributed by atoms with Gasteiger partial charge >= 0.3 is 0 Å². The molecule has 0 radical (unpaired) electrons. The Bertz CT molecular complexity index is 611. The third-order valence-electron chi connectivity index (χ3n) is 3.61. The van der Waals surface area contributed by atoms with Crippen molar-refractivity contribution in [3.63, 3.8) is 0 Å². The van der Waals surface area contributed by atoms with Gasteiger partial charge < -0.3 is 20.5 Å². The fraction of sp³-hybridized carbons (Fsp3) is 0.294. The topological polar surface area (TPSA) is 56.5 Å². The van der Waals surface area contributed by atoms with Crippen molar-refractivity contribution >= 4 is 5.69 Å². The second-order valence-electron chi connectivity index (χ2n) is 5.42. The number of benzene rings is 2. The van der Waals surface area contributed by atoms with Crippen LogP contribution in [0.15, 0.2) is 42.5 Å². The molecule has 0 aliphatic carbocycles. The van der Waals surface area contributed by atoms with E-state index in [1.54, 1.807) is 0 Å². The minimum atomic E-state index is 0.319. The summed E-state index contributed by atoms with van der Waals surface area (Å²) in [6, 6.07) is 14.5. The van der Waals surface area contributed by atoms with Gasteiger partial charge in [-0.15, -0.1) is 0 Å². The van der Waals surface area contributed by atoms with E-state index in [1.165, 1.54) is 11.1 Å². The predicted molar refractivity (Wildman–Crippen MR) is 83.4 cm³/mol. The van der Waals surface area contributed by atoms with Crippen LogP contribution in [0.4, 0.5) is 5.69 Å². The molecule has 21 heavy (non-hydrogen) atoms. The number of hydrogen-bond donors (Lipinski definition) is 2. The molecule has 1 atom stereocenters. The third-order valence-corrected chi connectivity index (χ3v) is 3.61. The Labute approximate surface area is 124 Å². The van der Waals surface area contributed by atoms with Crippen LogP contribution in [0.2, 0.25) is 0 Å². The van der Waals surface area contributed by atoms with Crippen molar-refractivity contribution in [3.8, 4) is 11.5 Å². The molecule has 2 aromatic rings. The molecule has 4 nitrogen and oxygen atoms in total. The Morgan fingerprint density at radius 2 is 1.76 bits per heavy atom. The van der Waals surface area contributed by atoms with Gasteiger partial charge in [0, 0.05) is 18.3 Å². The van der Waals surface area contributed by atoms with E-state index in [2.05, 4.69) is 30.4 Å². The molecule has 0 amide bonds. The summed E-state index contributed by atoms with van der Waals surface area (Å²) in [5, 5.41) is 3.53. The van der Waals surface area contributed by atoms with Crippen LogP contribution in [0.3, 0.4) is 0 Å². The van der Waals surface area contributed by atoms with Gasteiger partial charge in [0.1, 0.15) is 0 Å². The summed E-state index contributed by atoms with van der Waals surface area (Å²) in [4.78, 5) is 0. The van der Waals surface area contributed by atoms with Crippen LogP contribution in [0.25, 0.3) is 0 Å². The average molecular weight is 284 g/mol. The quantitative estimate of drug-likeness (QED) is 0.829. The Morgan fingerprint density at radius 1 is 1.05 bits per heavy atom. The predicted octanol–water partition coefficient (Wildman–Crippen LogP) is 2.72. The second-order valence-corrected chi connectivity index (χ2v) is 5.42. The van der Waals surface area contributed by atoms with Gasteiger partial charge in [-0.2, -0.15) is 0 Å². The van der Waals surface area contributed by atoms with Crippen molar-refractivity contribution in [2.75, 3.05) is 12.5 Å². The van der Waals surface area contributed by atoms with Crippen LogP contribution in [0.1, 0.15) is 18.1 Å². The number of nitrogens with one attached hydrogen (secondary N) is 1. The Kier molecular flexibility index (Phi) is 3.97. The van der Waals surface area contributed by atoms with E-state index in [1.807, 2.05) is 24.3 Å². The highest BCUT2D eigenvalue weighted by molar-refractivity contribution is 5.44. The highest BCUT2D eigenvalue weighted by atomic mass is 16.7. The molecule has 3 N–H and O–H groups in total. The lowest BCUT2D eigenvalue weighted by molar-refractivity contribution is 0.174. The van der Waals surface area contributed by atoms with Gasteiger partial charge in [-0.05, 0) is 48.7 Å². The summed E-state index contributed by atoms with van der Waals surface area (Å²) in [5.41, 5.74) is 8.99. The molecule has 0 saturated heterocycles. The molecule has 2 aromatic carbocycles. The van der Waals surface area contributed by atoms with Crippen LogP contribution < -0.4 is 20.5 Å². The molecule has 1 aliphatic rings. The smallest absolute Gasteiger partial charge is 0.231 e. The monoisotopic (exact) mass is 284 g/mol. The zero-order chi connectivity index (χ0) is 14.7. The molecule has 4 heteroatoms. The number of ether oxygens (including phenoxy) is 2. The zero-order valence-corrected chi connectivity index (χ0v) is 12.1. The van der Waals surface area contributed by atoms with Crippen LogP contribution >= 0.6 is 0 Å². The number of nitrogens with two attached hydrogens (primary N) is 1. The molecule has 0 fully saturated rings. The minimum absolute atomic E-state index is 0.319. The first-order valence-corrected chi connectivity index (χ1v) is 7.17. The molecular weight excluding hydrogens is 264 g/mol. The van der Waals surface area contributed by atoms with Crippen LogP contribution in [0, 0.1) is 0 Å². The summed E-state index contributed by atoms with van der Waals surface area (Å²) in [7, 11) is 0. The van der Waals surface area contributed by atoms with Gasteiger partial charge in [0.15, 0.2) is 11.5 Å². The van der Waals surface area contributed by atoms with E-state index < -0.39 is 0 Å². The zero-order valence-electron chi connectivity index (χ0n) is 12.1. The molecule has 1 heterocycles. The van der Waals surface area contributed by atoms with E-state index in [9.17, 15) is 0 Å². The molecule has 1 unspecified atom stereocenters. The maximum atomic E-state index is 5.70. The number of nitrogen functional groups attached to an aromatic ring is 1. The summed E-state index contributed by atoms with van der Waals surface area (Å²) in [6.45, 7) is 3.32. The fourth-order valence-electron chi connectivity index (χ4n) is 2.42. The molecular formula is C17H20N2O2. The van der Waals surface area contributed by atoms with Crippen LogP contribution in [-0.2, 0) is 13.0 Å². The largest absolute Gasteiger partial charge is 0.454 e. The SMILES string of the molecule is CC(Cc1ccc(N)cc1)NCc1ccc2c(c1)OCO2. The first-order chi connectivity index (χ1) is 10.2. The van der Waals surface area contributed by atoms with Gasteiger partial charge in [0.2, 0.25) is 6.79 Å². The number of anilines is 1. The van der Waals surface area contributed by atoms with Gasteiger partial charge in [0.25, 0.3) is 0 Å². The van der Waals surface area contributed by atoms with Crippen molar-refractivity contribution < 1.29 is 9.47 Å². The first-order valence-electron chi connectivity index (χ1n) is 7.17. The number of fused-ring (bicyclic) bond motifs is 1. The maximum Gasteiger partial charge on any atom is 0.231 e. The lowest BCUT2D eigenvalue weighted by Gasteiger charge is -2.14. The van der Waals surface area contributed by atoms with E-state index in [-0.39, 0.29) is 0 Å². The maximum absolute atomic E-state index is 5.70. The highest BCUT2D eigenvalue weighted by Gasteiger charge is 2.13. The van der Waals surface area contributed by atoms with E-state index in [0.717, 1.165) is 30.2 Å². The molecule has 0 saturated carbocycles. The second kappa shape index (κ2) is 6.06. The Hall–Kier alpha value is -2.20. The Balaban J connectivity index is 1.53. The molecule has 0 bridgehead atoms. The first kappa shape index (κ1) is 13.8. The number of hydrogen-bond acceptors (Lipinski definition) is 4. The van der Waals surface area contributed by atoms with E-state index in [4.69, 9.17) is 15.2 Å². The standard InChI is InChI=1S/C17H20N2O2/c1-12(8-13-2-5-15(18)6-3-13)19-10-14-4-7-16-17(9-14)21-11-20-16/h2-7,9,12,19H,8,10-11,18H2,1H3. The lowest BCUT2D eigenvalue weighted by Crippen LogP contribution is -2.27. The summed E-state index contributed by atoms with van der Waals surface area (Å²) >= 11 is 0. The minimum Gasteiger partial charge on any atom is -0.454 e. The van der Waals surface area contributed by atoms with Crippen LogP contribution in [0.5, 0.6) is 11.5 Å². The van der Waals surface area contributed by atoms with Crippen molar-refractivity contribution in [2.45, 2.75) is 25.9 Å². The Morgan fingerprint density at radius 3 is 2.57 bits per heavy atom. The van der Waals surface area contributed by atoms with Gasteiger partial charge in [0.05, 0.1) is 0 Å². The van der Waals surface area contributed by atoms with Crippen molar-refractivity contribution in [1.29, 1.82) is 0 Å². The lowest BCUT2D eigenvalue weighted by atomic mass is 10.1. The molecule has 110 valence electrons. The summed E-state index contributed by atoms with van der Waals surface area (Å²) < 4.78 is 10.7. The van der Waals surface area contributed by atoms with E-state index >= 15 is 0 Å². The summed E-state index contributed by atoms with van der Waals surface area (Å²) in [5.74, 6) is 1.66. The summed E-state index contributed by atoms with van der Waals surface area (Å²) in [6.07, 6.45) is 0.977. The average Bonchev–Trinajstić information content (AvgIpc) is 2.95. The molecule has 1 aliphatic heterocycles. The van der Waals surface area contributed by atoms with Gasteiger partial charge in [-0.3, -0.25) is 0 Å².